The number of rotatable bonds is 4. The van der Waals surface area contributed by atoms with E-state index < -0.39 is 10.8 Å². The van der Waals surface area contributed by atoms with Gasteiger partial charge >= 0.3 is 0 Å². The summed E-state index contributed by atoms with van der Waals surface area (Å²) >= 11 is 6.11. The lowest BCUT2D eigenvalue weighted by atomic mass is 10.2. The molecule has 0 aliphatic heterocycles. The quantitative estimate of drug-likeness (QED) is 0.912. The van der Waals surface area contributed by atoms with E-state index in [1.165, 1.54) is 0 Å². The lowest BCUT2D eigenvalue weighted by Gasteiger charge is -2.20. The molecule has 3 unspecified atom stereocenters. The highest BCUT2D eigenvalue weighted by atomic mass is 35.5. The van der Waals surface area contributed by atoms with Gasteiger partial charge in [0.25, 0.3) is 0 Å². The molecule has 2 nitrogen and oxygen atoms in total. The standard InChI is InChI=1S/C13H18ClNOS/c1-2-15-11-7-5-9-13(11)17(16)12-8-4-3-6-10(12)14/h3-4,6,8,11,13,15H,2,5,7,9H2,1H3. The predicted molar refractivity (Wildman–Crippen MR) is 73.0 cm³/mol. The third-order valence-corrected chi connectivity index (χ3v) is 5.59. The molecule has 0 saturated heterocycles. The minimum absolute atomic E-state index is 0.204. The average Bonchev–Trinajstić information content (AvgIpc) is 2.78. The van der Waals surface area contributed by atoms with Gasteiger partial charge in [-0.3, -0.25) is 4.21 Å². The Bertz CT molecular complexity index is 410. The van der Waals surface area contributed by atoms with E-state index >= 15 is 0 Å². The highest BCUT2D eigenvalue weighted by Gasteiger charge is 2.32. The third-order valence-electron chi connectivity index (χ3n) is 3.25. The minimum Gasteiger partial charge on any atom is -0.313 e. The van der Waals surface area contributed by atoms with Crippen LogP contribution in [-0.2, 0) is 10.8 Å². The number of nitrogens with one attached hydrogen (secondary N) is 1. The molecule has 0 bridgehead atoms. The van der Waals surface area contributed by atoms with Gasteiger partial charge in [0.15, 0.2) is 0 Å². The lowest BCUT2D eigenvalue weighted by molar-refractivity contribution is 0.541. The van der Waals surface area contributed by atoms with Crippen molar-refractivity contribution in [3.05, 3.63) is 29.3 Å². The first-order valence-electron chi connectivity index (χ1n) is 6.12. The number of hydrogen-bond donors (Lipinski definition) is 1. The normalized spacial score (nSPS) is 26.0. The first-order valence-corrected chi connectivity index (χ1v) is 7.71. The van der Waals surface area contributed by atoms with E-state index in [0.717, 1.165) is 30.7 Å². The zero-order valence-electron chi connectivity index (χ0n) is 9.99. The molecule has 1 fully saturated rings. The van der Waals surface area contributed by atoms with E-state index in [0.29, 0.717) is 11.1 Å². The molecule has 1 N–H and O–H groups in total. The molecule has 1 aliphatic carbocycles. The van der Waals surface area contributed by atoms with Gasteiger partial charge in [-0.2, -0.15) is 0 Å². The van der Waals surface area contributed by atoms with E-state index in [9.17, 15) is 4.21 Å². The molecule has 0 radical (unpaired) electrons. The molecule has 2 rings (SSSR count). The Morgan fingerprint density at radius 3 is 2.88 bits per heavy atom. The summed E-state index contributed by atoms with van der Waals surface area (Å²) in [5.74, 6) is 0. The van der Waals surface area contributed by atoms with Gasteiger partial charge in [-0.05, 0) is 31.5 Å². The van der Waals surface area contributed by atoms with E-state index in [-0.39, 0.29) is 5.25 Å². The largest absolute Gasteiger partial charge is 0.313 e. The summed E-state index contributed by atoms with van der Waals surface area (Å²) in [4.78, 5) is 0.781. The van der Waals surface area contributed by atoms with Crippen molar-refractivity contribution in [3.63, 3.8) is 0 Å². The van der Waals surface area contributed by atoms with Crippen LogP contribution in [0.3, 0.4) is 0 Å². The molecule has 0 aromatic heterocycles. The second-order valence-electron chi connectivity index (χ2n) is 4.36. The highest BCUT2D eigenvalue weighted by Crippen LogP contribution is 2.30. The molecule has 1 aromatic rings. The Hall–Kier alpha value is -0.380. The van der Waals surface area contributed by atoms with E-state index in [1.807, 2.05) is 24.3 Å². The molecule has 0 heterocycles. The molecule has 0 amide bonds. The Balaban J connectivity index is 2.17. The summed E-state index contributed by atoms with van der Waals surface area (Å²) in [5, 5.41) is 4.25. The van der Waals surface area contributed by atoms with E-state index in [4.69, 9.17) is 11.6 Å². The van der Waals surface area contributed by atoms with Gasteiger partial charge in [-0.15, -0.1) is 0 Å². The van der Waals surface area contributed by atoms with Gasteiger partial charge in [-0.25, -0.2) is 0 Å². The number of halogens is 1. The average molecular weight is 272 g/mol. The fourth-order valence-corrected chi connectivity index (χ4v) is 4.52. The van der Waals surface area contributed by atoms with Gasteiger partial charge in [0.05, 0.1) is 26.0 Å². The zero-order chi connectivity index (χ0) is 12.3. The van der Waals surface area contributed by atoms with Crippen LogP contribution in [0, 0.1) is 0 Å². The first kappa shape index (κ1) is 13.1. The van der Waals surface area contributed by atoms with Crippen LogP contribution in [0.5, 0.6) is 0 Å². The predicted octanol–water partition coefficient (Wildman–Crippen LogP) is 2.98. The molecule has 17 heavy (non-hydrogen) atoms. The molecule has 4 heteroatoms. The summed E-state index contributed by atoms with van der Waals surface area (Å²) in [6, 6.07) is 7.83. The van der Waals surface area contributed by atoms with Crippen molar-refractivity contribution < 1.29 is 4.21 Å². The second-order valence-corrected chi connectivity index (χ2v) is 6.41. The van der Waals surface area contributed by atoms with Crippen LogP contribution in [0.1, 0.15) is 26.2 Å². The van der Waals surface area contributed by atoms with Gasteiger partial charge in [0.2, 0.25) is 0 Å². The maximum atomic E-state index is 12.5. The maximum absolute atomic E-state index is 12.5. The van der Waals surface area contributed by atoms with Crippen molar-refractivity contribution in [1.82, 2.24) is 5.32 Å². The van der Waals surface area contributed by atoms with Crippen LogP contribution in [0.4, 0.5) is 0 Å². The number of benzene rings is 1. The molecular formula is C13H18ClNOS. The summed E-state index contributed by atoms with van der Waals surface area (Å²) in [6.45, 7) is 3.02. The van der Waals surface area contributed by atoms with Crippen LogP contribution in [0.25, 0.3) is 0 Å². The van der Waals surface area contributed by atoms with Gasteiger partial charge in [-0.1, -0.05) is 37.1 Å². The summed E-state index contributed by atoms with van der Waals surface area (Å²) in [5.41, 5.74) is 0. The minimum atomic E-state index is -0.996. The molecule has 3 atom stereocenters. The molecule has 1 aromatic carbocycles. The van der Waals surface area contributed by atoms with E-state index in [1.54, 1.807) is 0 Å². The van der Waals surface area contributed by atoms with Crippen molar-refractivity contribution in [1.29, 1.82) is 0 Å². The van der Waals surface area contributed by atoms with Crippen LogP contribution < -0.4 is 5.32 Å². The Morgan fingerprint density at radius 2 is 2.18 bits per heavy atom. The molecule has 0 spiro atoms. The fourth-order valence-electron chi connectivity index (χ4n) is 2.45. The smallest absolute Gasteiger partial charge is 0.0591 e. The van der Waals surface area contributed by atoms with Crippen molar-refractivity contribution in [2.24, 2.45) is 0 Å². The van der Waals surface area contributed by atoms with Crippen molar-refractivity contribution in [2.75, 3.05) is 6.54 Å². The highest BCUT2D eigenvalue weighted by molar-refractivity contribution is 7.85. The second kappa shape index (κ2) is 5.98. The Labute approximate surface area is 110 Å². The van der Waals surface area contributed by atoms with E-state index in [2.05, 4.69) is 12.2 Å². The molecular weight excluding hydrogens is 254 g/mol. The molecule has 94 valence electrons. The van der Waals surface area contributed by atoms with Crippen molar-refractivity contribution in [3.8, 4) is 0 Å². The van der Waals surface area contributed by atoms with Crippen LogP contribution in [0.15, 0.2) is 29.2 Å². The first-order chi connectivity index (χ1) is 8.24. The maximum Gasteiger partial charge on any atom is 0.0591 e. The van der Waals surface area contributed by atoms with Crippen LogP contribution >= 0.6 is 11.6 Å². The zero-order valence-corrected chi connectivity index (χ0v) is 11.6. The monoisotopic (exact) mass is 271 g/mol. The van der Waals surface area contributed by atoms with Crippen LogP contribution in [-0.4, -0.2) is 22.0 Å². The lowest BCUT2D eigenvalue weighted by Crippen LogP contribution is -2.38. The van der Waals surface area contributed by atoms with Gasteiger partial charge in [0.1, 0.15) is 0 Å². The summed E-state index contributed by atoms with van der Waals surface area (Å²) in [6.07, 6.45) is 3.29. The Kier molecular flexibility index (Phi) is 4.60. The summed E-state index contributed by atoms with van der Waals surface area (Å²) in [7, 11) is -0.996. The Morgan fingerprint density at radius 1 is 1.41 bits per heavy atom. The van der Waals surface area contributed by atoms with Crippen molar-refractivity contribution in [2.45, 2.75) is 42.4 Å². The SMILES string of the molecule is CCNC1CCCC1S(=O)c1ccccc1Cl. The molecule has 1 saturated carbocycles. The van der Waals surface area contributed by atoms with Gasteiger partial charge < -0.3 is 5.32 Å². The van der Waals surface area contributed by atoms with Crippen molar-refractivity contribution >= 4 is 22.4 Å². The fraction of sp³-hybridized carbons (Fsp3) is 0.538. The topological polar surface area (TPSA) is 29.1 Å². The van der Waals surface area contributed by atoms with Gasteiger partial charge in [0, 0.05) is 6.04 Å². The molecule has 1 aliphatic rings. The summed E-state index contributed by atoms with van der Waals surface area (Å²) < 4.78 is 12.5. The van der Waals surface area contributed by atoms with Crippen LogP contribution in [0.2, 0.25) is 5.02 Å². The third kappa shape index (κ3) is 2.90. The number of hydrogen-bond acceptors (Lipinski definition) is 2.